The van der Waals surface area contributed by atoms with Crippen LogP contribution in [0.1, 0.15) is 17.3 Å². The molecule has 1 heterocycles. The zero-order chi connectivity index (χ0) is 9.80. The van der Waals surface area contributed by atoms with E-state index in [1.54, 1.807) is 6.20 Å². The normalized spacial score (nSPS) is 12.4. The lowest BCUT2D eigenvalue weighted by Crippen LogP contribution is -2.54. The number of nitrogens with zero attached hydrogens (tertiary/aromatic N) is 1. The highest BCUT2D eigenvalue weighted by Gasteiger charge is 2.11. The van der Waals surface area contributed by atoms with Crippen LogP contribution < -0.4 is 5.73 Å². The fourth-order valence-corrected chi connectivity index (χ4v) is 1.44. The van der Waals surface area contributed by atoms with Crippen LogP contribution in [0.4, 0.5) is 0 Å². The van der Waals surface area contributed by atoms with E-state index < -0.39 is 0 Å². The van der Waals surface area contributed by atoms with Gasteiger partial charge in [-0.25, -0.2) is 0 Å². The van der Waals surface area contributed by atoms with Crippen LogP contribution in [0.2, 0.25) is 0 Å². The minimum Gasteiger partial charge on any atom is -0.346 e. The molecule has 2 rings (SSSR count). The predicted molar refractivity (Wildman–Crippen MR) is 55.4 cm³/mol. The number of aromatic nitrogens is 1. The van der Waals surface area contributed by atoms with Gasteiger partial charge in [0.2, 0.25) is 0 Å². The number of pyridine rings is 1. The molecule has 0 aliphatic heterocycles. The standard InChI is InChI=1S/C12H12N2/c13-12(10-6-2-1-3-7-10)11-8-4-5-9-14-11/h1-9,12H,13H2/p+1/t12-/m0/s1. The van der Waals surface area contributed by atoms with Crippen molar-refractivity contribution in [2.24, 2.45) is 0 Å². The second-order valence-electron chi connectivity index (χ2n) is 3.22. The van der Waals surface area contributed by atoms with E-state index in [-0.39, 0.29) is 6.04 Å². The van der Waals surface area contributed by atoms with Gasteiger partial charge in [0.25, 0.3) is 0 Å². The summed E-state index contributed by atoms with van der Waals surface area (Å²) in [5, 5.41) is 0. The van der Waals surface area contributed by atoms with Gasteiger partial charge in [-0.3, -0.25) is 4.98 Å². The van der Waals surface area contributed by atoms with E-state index in [2.05, 4.69) is 22.9 Å². The monoisotopic (exact) mass is 185 g/mol. The number of quaternary nitrogens is 1. The van der Waals surface area contributed by atoms with Crippen molar-refractivity contribution in [1.82, 2.24) is 4.98 Å². The molecule has 0 bridgehead atoms. The third-order valence-electron chi connectivity index (χ3n) is 2.25. The van der Waals surface area contributed by atoms with Crippen LogP contribution in [0.25, 0.3) is 0 Å². The molecular formula is C12H13N2+. The Balaban J connectivity index is 2.30. The molecule has 2 heteroatoms. The molecule has 0 saturated carbocycles. The van der Waals surface area contributed by atoms with Crippen molar-refractivity contribution in [3.63, 3.8) is 0 Å². The molecular weight excluding hydrogens is 172 g/mol. The second kappa shape index (κ2) is 4.03. The van der Waals surface area contributed by atoms with Gasteiger partial charge < -0.3 is 5.73 Å². The van der Waals surface area contributed by atoms with E-state index in [0.717, 1.165) is 5.69 Å². The van der Waals surface area contributed by atoms with Crippen LogP contribution in [0.5, 0.6) is 0 Å². The Hall–Kier alpha value is -1.67. The third-order valence-corrected chi connectivity index (χ3v) is 2.25. The SMILES string of the molecule is [NH3+][C@@H](c1ccccc1)c1ccccn1. The summed E-state index contributed by atoms with van der Waals surface area (Å²) < 4.78 is 0. The van der Waals surface area contributed by atoms with Gasteiger partial charge in [-0.05, 0) is 12.1 Å². The van der Waals surface area contributed by atoms with E-state index in [1.165, 1.54) is 5.56 Å². The molecule has 1 atom stereocenters. The quantitative estimate of drug-likeness (QED) is 0.755. The van der Waals surface area contributed by atoms with Crippen molar-refractivity contribution in [2.75, 3.05) is 0 Å². The topological polar surface area (TPSA) is 40.5 Å². The second-order valence-corrected chi connectivity index (χ2v) is 3.22. The fraction of sp³-hybridized carbons (Fsp3) is 0.0833. The average molecular weight is 185 g/mol. The van der Waals surface area contributed by atoms with Gasteiger partial charge in [-0.15, -0.1) is 0 Å². The van der Waals surface area contributed by atoms with E-state index in [4.69, 9.17) is 0 Å². The Morgan fingerprint density at radius 1 is 0.929 bits per heavy atom. The Kier molecular flexibility index (Phi) is 2.56. The molecule has 2 aromatic rings. The van der Waals surface area contributed by atoms with Gasteiger partial charge >= 0.3 is 0 Å². The maximum atomic E-state index is 4.29. The first-order valence-electron chi connectivity index (χ1n) is 4.67. The summed E-state index contributed by atoms with van der Waals surface area (Å²) in [6.45, 7) is 0. The minimum absolute atomic E-state index is 0.123. The van der Waals surface area contributed by atoms with E-state index in [1.807, 2.05) is 36.4 Å². The third kappa shape index (κ3) is 1.80. The summed E-state index contributed by atoms with van der Waals surface area (Å²) in [7, 11) is 0. The van der Waals surface area contributed by atoms with Crippen LogP contribution in [0.15, 0.2) is 54.7 Å². The molecule has 1 aromatic heterocycles. The largest absolute Gasteiger partial charge is 0.346 e. The molecule has 14 heavy (non-hydrogen) atoms. The van der Waals surface area contributed by atoms with Crippen LogP contribution in [-0.2, 0) is 0 Å². The van der Waals surface area contributed by atoms with Crippen molar-refractivity contribution < 1.29 is 5.73 Å². The van der Waals surface area contributed by atoms with Gasteiger partial charge in [0, 0.05) is 11.8 Å². The van der Waals surface area contributed by atoms with Crippen molar-refractivity contribution in [1.29, 1.82) is 0 Å². The number of hydrogen-bond acceptors (Lipinski definition) is 1. The Bertz CT molecular complexity index is 344. The van der Waals surface area contributed by atoms with Gasteiger partial charge in [0.15, 0.2) is 6.04 Å². The lowest BCUT2D eigenvalue weighted by molar-refractivity contribution is -0.412. The molecule has 70 valence electrons. The van der Waals surface area contributed by atoms with Crippen LogP contribution >= 0.6 is 0 Å². The molecule has 1 aromatic carbocycles. The van der Waals surface area contributed by atoms with E-state index >= 15 is 0 Å². The zero-order valence-corrected chi connectivity index (χ0v) is 7.93. The summed E-state index contributed by atoms with van der Waals surface area (Å²) in [4.78, 5) is 4.29. The summed E-state index contributed by atoms with van der Waals surface area (Å²) in [6, 6.07) is 16.2. The summed E-state index contributed by atoms with van der Waals surface area (Å²) >= 11 is 0. The minimum atomic E-state index is 0.123. The fourth-order valence-electron chi connectivity index (χ4n) is 1.44. The summed E-state index contributed by atoms with van der Waals surface area (Å²) in [5.41, 5.74) is 6.33. The van der Waals surface area contributed by atoms with Crippen molar-refractivity contribution in [3.05, 3.63) is 66.0 Å². The number of benzene rings is 1. The zero-order valence-electron chi connectivity index (χ0n) is 7.93. The maximum Gasteiger partial charge on any atom is 0.153 e. The van der Waals surface area contributed by atoms with Crippen molar-refractivity contribution in [2.45, 2.75) is 6.04 Å². The van der Waals surface area contributed by atoms with Crippen molar-refractivity contribution in [3.8, 4) is 0 Å². The van der Waals surface area contributed by atoms with Gasteiger partial charge in [0.05, 0.1) is 0 Å². The number of hydrogen-bond donors (Lipinski definition) is 1. The highest BCUT2D eigenvalue weighted by molar-refractivity contribution is 5.24. The van der Waals surface area contributed by atoms with E-state index in [0.29, 0.717) is 0 Å². The van der Waals surface area contributed by atoms with Crippen LogP contribution in [-0.4, -0.2) is 4.98 Å². The summed E-state index contributed by atoms with van der Waals surface area (Å²) in [6.07, 6.45) is 1.80. The lowest BCUT2D eigenvalue weighted by Gasteiger charge is -2.07. The Labute approximate surface area is 83.4 Å². The van der Waals surface area contributed by atoms with Crippen LogP contribution in [0, 0.1) is 0 Å². The summed E-state index contributed by atoms with van der Waals surface area (Å²) in [5.74, 6) is 0. The smallest absolute Gasteiger partial charge is 0.153 e. The molecule has 0 fully saturated rings. The molecule has 3 N–H and O–H groups in total. The molecule has 0 radical (unpaired) electrons. The van der Waals surface area contributed by atoms with E-state index in [9.17, 15) is 0 Å². The average Bonchev–Trinajstić information content (AvgIpc) is 2.30. The molecule has 0 spiro atoms. The molecule has 2 nitrogen and oxygen atoms in total. The molecule has 0 unspecified atom stereocenters. The van der Waals surface area contributed by atoms with Gasteiger partial charge in [-0.2, -0.15) is 0 Å². The lowest BCUT2D eigenvalue weighted by atomic mass is 10.0. The molecule has 0 amide bonds. The highest BCUT2D eigenvalue weighted by atomic mass is 14.8. The number of rotatable bonds is 2. The predicted octanol–water partition coefficient (Wildman–Crippen LogP) is 1.41. The maximum absolute atomic E-state index is 4.29. The molecule has 0 aliphatic rings. The molecule has 0 aliphatic carbocycles. The first kappa shape index (κ1) is 8.91. The Morgan fingerprint density at radius 2 is 1.64 bits per heavy atom. The van der Waals surface area contributed by atoms with Crippen molar-refractivity contribution >= 4 is 0 Å². The van der Waals surface area contributed by atoms with Crippen LogP contribution in [0.3, 0.4) is 0 Å². The first-order valence-corrected chi connectivity index (χ1v) is 4.67. The highest BCUT2D eigenvalue weighted by Crippen LogP contribution is 2.14. The van der Waals surface area contributed by atoms with Gasteiger partial charge in [-0.1, -0.05) is 36.4 Å². The van der Waals surface area contributed by atoms with Gasteiger partial charge in [0.1, 0.15) is 5.69 Å². The Morgan fingerprint density at radius 3 is 2.29 bits per heavy atom. The first-order chi connectivity index (χ1) is 6.88. The molecule has 0 saturated heterocycles.